The molecule has 2 N–H and O–H groups in total. The summed E-state index contributed by atoms with van der Waals surface area (Å²) in [4.78, 5) is 17.4. The number of piperazine rings is 1. The summed E-state index contributed by atoms with van der Waals surface area (Å²) >= 11 is 6.28. The Morgan fingerprint density at radius 1 is 1.06 bits per heavy atom. The fraction of sp³-hybridized carbons (Fsp3) is 0.370. The third kappa shape index (κ3) is 5.30. The quantitative estimate of drug-likeness (QED) is 0.539. The molecule has 1 amide bonds. The molecule has 0 spiro atoms. The van der Waals surface area contributed by atoms with Crippen LogP contribution in [-0.4, -0.2) is 65.9 Å². The van der Waals surface area contributed by atoms with E-state index in [1.54, 1.807) is 0 Å². The third-order valence-corrected chi connectivity index (χ3v) is 7.18. The molecule has 0 radical (unpaired) electrons. The molecule has 180 valence electrons. The first-order valence-corrected chi connectivity index (χ1v) is 12.1. The van der Waals surface area contributed by atoms with Crippen LogP contribution in [0.15, 0.2) is 54.6 Å². The van der Waals surface area contributed by atoms with E-state index >= 15 is 0 Å². The fourth-order valence-electron chi connectivity index (χ4n) is 4.59. The third-order valence-electron chi connectivity index (χ3n) is 6.77. The van der Waals surface area contributed by atoms with Crippen molar-refractivity contribution in [2.24, 2.45) is 7.05 Å². The van der Waals surface area contributed by atoms with Gasteiger partial charge in [0.2, 0.25) is 0 Å². The fourth-order valence-corrected chi connectivity index (χ4v) is 4.76. The minimum absolute atomic E-state index is 0.157. The zero-order valence-corrected chi connectivity index (χ0v) is 20.8. The Hall–Kier alpha value is -2.80. The minimum atomic E-state index is -0.624. The van der Waals surface area contributed by atoms with Crippen LogP contribution in [0.4, 0.5) is 5.69 Å². The molecule has 0 saturated carbocycles. The van der Waals surface area contributed by atoms with Crippen molar-refractivity contribution in [3.05, 3.63) is 76.4 Å². The molecule has 7 heteroatoms. The summed E-state index contributed by atoms with van der Waals surface area (Å²) < 4.78 is 2.03. The number of amides is 1. The summed E-state index contributed by atoms with van der Waals surface area (Å²) in [5.41, 5.74) is 5.88. The Kier molecular flexibility index (Phi) is 7.61. The summed E-state index contributed by atoms with van der Waals surface area (Å²) in [5, 5.41) is 14.3. The van der Waals surface area contributed by atoms with Crippen molar-refractivity contribution in [2.45, 2.75) is 20.0 Å². The molecule has 0 aliphatic carbocycles. The van der Waals surface area contributed by atoms with Crippen molar-refractivity contribution < 1.29 is 9.90 Å². The molecule has 0 bridgehead atoms. The number of nitrogens with one attached hydrogen (secondary N) is 1. The number of nitrogens with zero attached hydrogens (tertiary/aromatic N) is 3. The number of benzene rings is 2. The standard InChI is InChI=1S/C27H33ClN4O2/c1-19-24(28)10-7-11-25(19)32-14-12-31(13-15-32)18-22(33)17-29-27(34)23-16-26(30(3)20(23)2)21-8-5-4-6-9-21/h4-11,16,22,33H,12-15,17-18H2,1-3H3,(H,29,34). The second kappa shape index (κ2) is 10.6. The van der Waals surface area contributed by atoms with E-state index in [1.807, 2.05) is 74.0 Å². The number of halogens is 1. The van der Waals surface area contributed by atoms with E-state index < -0.39 is 6.10 Å². The zero-order chi connectivity index (χ0) is 24.2. The number of aromatic nitrogens is 1. The maximum absolute atomic E-state index is 12.9. The van der Waals surface area contributed by atoms with Crippen molar-refractivity contribution in [1.29, 1.82) is 0 Å². The van der Waals surface area contributed by atoms with Crippen molar-refractivity contribution in [2.75, 3.05) is 44.2 Å². The van der Waals surface area contributed by atoms with Gasteiger partial charge in [0.15, 0.2) is 0 Å². The van der Waals surface area contributed by atoms with E-state index in [1.165, 1.54) is 5.69 Å². The number of hydrogen-bond donors (Lipinski definition) is 2. The predicted molar refractivity (Wildman–Crippen MR) is 139 cm³/mol. The highest BCUT2D eigenvalue weighted by molar-refractivity contribution is 6.31. The number of β-amino-alcohol motifs (C(OH)–C–C–N with tert-alkyl or cyclic N) is 1. The lowest BCUT2D eigenvalue weighted by Gasteiger charge is -2.37. The lowest BCUT2D eigenvalue weighted by molar-refractivity contribution is 0.0851. The Morgan fingerprint density at radius 2 is 1.76 bits per heavy atom. The Morgan fingerprint density at radius 3 is 2.47 bits per heavy atom. The Balaban J connectivity index is 1.28. The normalized spacial score (nSPS) is 15.4. The van der Waals surface area contributed by atoms with Gasteiger partial charge in [0.1, 0.15) is 0 Å². The highest BCUT2D eigenvalue weighted by atomic mass is 35.5. The van der Waals surface area contributed by atoms with Gasteiger partial charge in [-0.3, -0.25) is 9.69 Å². The first-order chi connectivity index (χ1) is 16.3. The maximum Gasteiger partial charge on any atom is 0.253 e. The number of carbonyl (C=O) groups excluding carboxylic acids is 1. The van der Waals surface area contributed by atoms with Crippen molar-refractivity contribution in [3.63, 3.8) is 0 Å². The Bertz CT molecular complexity index is 1140. The smallest absolute Gasteiger partial charge is 0.253 e. The molecule has 1 fully saturated rings. The van der Waals surface area contributed by atoms with Crippen molar-refractivity contribution >= 4 is 23.2 Å². The highest BCUT2D eigenvalue weighted by Gasteiger charge is 2.22. The van der Waals surface area contributed by atoms with Gasteiger partial charge >= 0.3 is 0 Å². The van der Waals surface area contributed by atoms with Crippen LogP contribution in [0.1, 0.15) is 21.6 Å². The van der Waals surface area contributed by atoms with Gasteiger partial charge in [-0.2, -0.15) is 0 Å². The van der Waals surface area contributed by atoms with E-state index in [0.717, 1.165) is 53.7 Å². The lowest BCUT2D eigenvalue weighted by Crippen LogP contribution is -2.50. The average molecular weight is 481 g/mol. The van der Waals surface area contributed by atoms with Gasteiger partial charge in [0.05, 0.1) is 11.7 Å². The molecule has 6 nitrogen and oxygen atoms in total. The van der Waals surface area contributed by atoms with Crippen LogP contribution in [0.3, 0.4) is 0 Å². The molecule has 34 heavy (non-hydrogen) atoms. The van der Waals surface area contributed by atoms with Crippen molar-refractivity contribution in [3.8, 4) is 11.3 Å². The summed E-state index contributed by atoms with van der Waals surface area (Å²) in [7, 11) is 1.97. The molecule has 1 aromatic heterocycles. The first-order valence-electron chi connectivity index (χ1n) is 11.8. The van der Waals surface area contributed by atoms with Crippen LogP contribution >= 0.6 is 11.6 Å². The molecule has 1 aliphatic heterocycles. The van der Waals surface area contributed by atoms with Gasteiger partial charge in [0, 0.05) is 68.4 Å². The number of rotatable bonds is 7. The predicted octanol–water partition coefficient (Wildman–Crippen LogP) is 3.88. The molecular formula is C27H33ClN4O2. The minimum Gasteiger partial charge on any atom is -0.390 e. The second-order valence-corrected chi connectivity index (χ2v) is 9.40. The van der Waals surface area contributed by atoms with E-state index in [2.05, 4.69) is 21.2 Å². The molecule has 2 aromatic carbocycles. The van der Waals surface area contributed by atoms with Crippen LogP contribution in [0.5, 0.6) is 0 Å². The van der Waals surface area contributed by atoms with Gasteiger partial charge in [-0.15, -0.1) is 0 Å². The van der Waals surface area contributed by atoms with Crippen LogP contribution in [0.25, 0.3) is 11.3 Å². The van der Waals surface area contributed by atoms with Gasteiger partial charge in [0.25, 0.3) is 5.91 Å². The van der Waals surface area contributed by atoms with Crippen LogP contribution in [0, 0.1) is 13.8 Å². The SMILES string of the molecule is Cc1c(Cl)cccc1N1CCN(CC(O)CNC(=O)c2cc(-c3ccccc3)n(C)c2C)CC1. The van der Waals surface area contributed by atoms with E-state index in [9.17, 15) is 9.90 Å². The van der Waals surface area contributed by atoms with Gasteiger partial charge in [-0.1, -0.05) is 48.0 Å². The van der Waals surface area contributed by atoms with Gasteiger partial charge in [-0.05, 0) is 43.2 Å². The summed E-state index contributed by atoms with van der Waals surface area (Å²) in [6.07, 6.45) is -0.624. The van der Waals surface area contributed by atoms with E-state index in [0.29, 0.717) is 12.1 Å². The zero-order valence-electron chi connectivity index (χ0n) is 20.1. The number of aliphatic hydroxyl groups is 1. The topological polar surface area (TPSA) is 60.7 Å². The molecule has 3 aromatic rings. The summed E-state index contributed by atoms with van der Waals surface area (Å²) in [6.45, 7) is 8.22. The molecule has 1 atom stereocenters. The van der Waals surface area contributed by atoms with Crippen LogP contribution in [-0.2, 0) is 7.05 Å². The average Bonchev–Trinajstić information content (AvgIpc) is 3.15. The second-order valence-electron chi connectivity index (χ2n) is 8.99. The first kappa shape index (κ1) is 24.3. The molecule has 4 rings (SSSR count). The number of aliphatic hydroxyl groups excluding tert-OH is 1. The van der Waals surface area contributed by atoms with E-state index in [4.69, 9.17) is 11.6 Å². The molecule has 1 aliphatic rings. The maximum atomic E-state index is 12.9. The van der Waals surface area contributed by atoms with Crippen LogP contribution < -0.4 is 10.2 Å². The number of carbonyl (C=O) groups is 1. The molecule has 1 saturated heterocycles. The number of anilines is 1. The molecule has 1 unspecified atom stereocenters. The largest absolute Gasteiger partial charge is 0.390 e. The summed E-state index contributed by atoms with van der Waals surface area (Å²) in [6, 6.07) is 18.0. The van der Waals surface area contributed by atoms with Gasteiger partial charge in [-0.25, -0.2) is 0 Å². The highest BCUT2D eigenvalue weighted by Crippen LogP contribution is 2.27. The molecule has 2 heterocycles. The lowest BCUT2D eigenvalue weighted by atomic mass is 10.1. The number of hydrogen-bond acceptors (Lipinski definition) is 4. The Labute approximate surface area is 206 Å². The summed E-state index contributed by atoms with van der Waals surface area (Å²) in [5.74, 6) is -0.157. The van der Waals surface area contributed by atoms with Crippen molar-refractivity contribution in [1.82, 2.24) is 14.8 Å². The van der Waals surface area contributed by atoms with Gasteiger partial charge < -0.3 is 19.9 Å². The monoisotopic (exact) mass is 480 g/mol. The van der Waals surface area contributed by atoms with Crippen LogP contribution in [0.2, 0.25) is 5.02 Å². The molecular weight excluding hydrogens is 448 g/mol. The van der Waals surface area contributed by atoms with E-state index in [-0.39, 0.29) is 12.5 Å².